The molecule has 1 atom stereocenters. The Hall–Kier alpha value is -3.91. The molecule has 2 aromatic carbocycles. The molecule has 0 spiro atoms. The van der Waals surface area contributed by atoms with E-state index in [1.165, 1.54) is 6.07 Å². The van der Waals surface area contributed by atoms with Crippen LogP contribution in [0.5, 0.6) is 0 Å². The van der Waals surface area contributed by atoms with Gasteiger partial charge in [0.2, 0.25) is 0 Å². The summed E-state index contributed by atoms with van der Waals surface area (Å²) in [6.45, 7) is 1.79. The summed E-state index contributed by atoms with van der Waals surface area (Å²) in [5, 5.41) is 11.5. The third-order valence-electron chi connectivity index (χ3n) is 6.23. The van der Waals surface area contributed by atoms with Crippen molar-refractivity contribution in [3.63, 3.8) is 0 Å². The van der Waals surface area contributed by atoms with Crippen molar-refractivity contribution in [3.8, 4) is 0 Å². The van der Waals surface area contributed by atoms with E-state index in [0.29, 0.717) is 37.1 Å². The van der Waals surface area contributed by atoms with Crippen LogP contribution in [0.3, 0.4) is 0 Å². The average Bonchev–Trinajstić information content (AvgIpc) is 3.35. The number of amides is 1. The molecule has 5 rings (SSSR count). The summed E-state index contributed by atoms with van der Waals surface area (Å²) in [6, 6.07) is 15.8. The van der Waals surface area contributed by atoms with Gasteiger partial charge in [-0.1, -0.05) is 24.3 Å². The minimum absolute atomic E-state index is 0.0565. The van der Waals surface area contributed by atoms with E-state index in [-0.39, 0.29) is 23.1 Å². The van der Waals surface area contributed by atoms with Gasteiger partial charge in [-0.05, 0) is 47.9 Å². The third kappa shape index (κ3) is 4.58. The van der Waals surface area contributed by atoms with Crippen molar-refractivity contribution in [2.24, 2.45) is 0 Å². The van der Waals surface area contributed by atoms with Crippen molar-refractivity contribution in [2.45, 2.75) is 25.4 Å². The van der Waals surface area contributed by atoms with E-state index in [1.807, 2.05) is 24.3 Å². The Balaban J connectivity index is 1.30. The highest BCUT2D eigenvalue weighted by atomic mass is 19.1. The van der Waals surface area contributed by atoms with E-state index < -0.39 is 5.82 Å². The van der Waals surface area contributed by atoms with Crippen molar-refractivity contribution >= 4 is 16.7 Å². The second kappa shape index (κ2) is 9.52. The summed E-state index contributed by atoms with van der Waals surface area (Å²) in [6.07, 6.45) is 4.69. The van der Waals surface area contributed by atoms with E-state index in [1.54, 1.807) is 41.6 Å². The van der Waals surface area contributed by atoms with Gasteiger partial charge in [-0.3, -0.25) is 14.6 Å². The van der Waals surface area contributed by atoms with Crippen LogP contribution in [0.2, 0.25) is 0 Å². The Morgan fingerprint density at radius 3 is 2.71 bits per heavy atom. The first kappa shape index (κ1) is 21.9. The van der Waals surface area contributed by atoms with Gasteiger partial charge in [0.1, 0.15) is 5.82 Å². The minimum atomic E-state index is -0.541. The molecule has 172 valence electrons. The van der Waals surface area contributed by atoms with Crippen LogP contribution < -0.4 is 10.9 Å². The molecule has 3 heterocycles. The summed E-state index contributed by atoms with van der Waals surface area (Å²) in [7, 11) is 0. The fourth-order valence-electron chi connectivity index (χ4n) is 4.39. The molecule has 7 nitrogen and oxygen atoms in total. The molecule has 4 aromatic rings. The Morgan fingerprint density at radius 1 is 1.09 bits per heavy atom. The highest BCUT2D eigenvalue weighted by Gasteiger charge is 2.28. The van der Waals surface area contributed by atoms with Crippen LogP contribution in [-0.2, 0) is 13.0 Å². The number of pyridine rings is 1. The maximum atomic E-state index is 14.7. The topological polar surface area (TPSA) is 91.0 Å². The predicted octanol–water partition coefficient (Wildman–Crippen LogP) is 3.05. The van der Waals surface area contributed by atoms with Crippen molar-refractivity contribution in [1.82, 2.24) is 25.4 Å². The Bertz CT molecular complexity index is 1390. The Morgan fingerprint density at radius 2 is 1.88 bits per heavy atom. The maximum absolute atomic E-state index is 14.7. The van der Waals surface area contributed by atoms with Crippen LogP contribution >= 0.6 is 0 Å². The first-order valence-electron chi connectivity index (χ1n) is 11.2. The summed E-state index contributed by atoms with van der Waals surface area (Å²) in [5.41, 5.74) is 2.35. The average molecular weight is 458 g/mol. The lowest BCUT2D eigenvalue weighted by Gasteiger charge is -2.18. The Kier molecular flexibility index (Phi) is 6.14. The number of carbonyl (C=O) groups excluding carboxylic acids is 1. The predicted molar refractivity (Wildman–Crippen MR) is 127 cm³/mol. The third-order valence-corrected chi connectivity index (χ3v) is 6.23. The number of fused-ring (bicyclic) bond motifs is 1. The number of hydrogen-bond acceptors (Lipinski definition) is 5. The lowest BCUT2D eigenvalue weighted by molar-refractivity contribution is 0.0784. The van der Waals surface area contributed by atoms with Crippen LogP contribution in [0.15, 0.2) is 71.8 Å². The number of aromatic amines is 1. The number of benzene rings is 2. The fraction of sp³-hybridized carbons (Fsp3) is 0.231. The Labute approximate surface area is 195 Å². The fourth-order valence-corrected chi connectivity index (χ4v) is 4.39. The van der Waals surface area contributed by atoms with Crippen molar-refractivity contribution < 1.29 is 9.18 Å². The summed E-state index contributed by atoms with van der Waals surface area (Å²) >= 11 is 0. The molecule has 1 amide bonds. The minimum Gasteiger partial charge on any atom is -0.337 e. The number of rotatable bonds is 6. The summed E-state index contributed by atoms with van der Waals surface area (Å²) in [4.78, 5) is 30.9. The summed E-state index contributed by atoms with van der Waals surface area (Å²) < 4.78 is 14.7. The smallest absolute Gasteiger partial charge is 0.272 e. The van der Waals surface area contributed by atoms with Crippen LogP contribution in [-0.4, -0.2) is 45.1 Å². The zero-order valence-corrected chi connectivity index (χ0v) is 18.5. The van der Waals surface area contributed by atoms with Gasteiger partial charge in [-0.15, -0.1) is 0 Å². The zero-order valence-electron chi connectivity index (χ0n) is 18.5. The van der Waals surface area contributed by atoms with Gasteiger partial charge in [0.25, 0.3) is 11.5 Å². The quantitative estimate of drug-likeness (QED) is 0.465. The van der Waals surface area contributed by atoms with Crippen LogP contribution in [0, 0.1) is 5.82 Å². The SMILES string of the molecule is O=C(c1cc(Cc2n[nH]c(=O)c3ccccc23)ccc1F)N1CC[C@@H](NCc2ccncc2)C1. The molecular formula is C26H24FN5O2. The van der Waals surface area contributed by atoms with Crippen LogP contribution in [0.4, 0.5) is 4.39 Å². The van der Waals surface area contributed by atoms with Crippen molar-refractivity contribution in [1.29, 1.82) is 0 Å². The molecule has 2 aromatic heterocycles. The van der Waals surface area contributed by atoms with Gasteiger partial charge in [-0.25, -0.2) is 9.49 Å². The molecule has 8 heteroatoms. The van der Waals surface area contributed by atoms with Gasteiger partial charge in [-0.2, -0.15) is 5.10 Å². The molecule has 1 fully saturated rings. The second-order valence-corrected chi connectivity index (χ2v) is 8.51. The highest BCUT2D eigenvalue weighted by Crippen LogP contribution is 2.21. The highest BCUT2D eigenvalue weighted by molar-refractivity contribution is 5.95. The molecule has 1 aliphatic rings. The van der Waals surface area contributed by atoms with Gasteiger partial charge in [0.05, 0.1) is 16.6 Å². The molecule has 34 heavy (non-hydrogen) atoms. The molecule has 0 bridgehead atoms. The number of nitrogens with one attached hydrogen (secondary N) is 2. The number of carbonyl (C=O) groups is 1. The van der Waals surface area contributed by atoms with Gasteiger partial charge in [0, 0.05) is 49.9 Å². The molecular weight excluding hydrogens is 433 g/mol. The van der Waals surface area contributed by atoms with Crippen LogP contribution in [0.1, 0.15) is 33.6 Å². The van der Waals surface area contributed by atoms with E-state index in [9.17, 15) is 14.0 Å². The normalized spacial score (nSPS) is 15.7. The zero-order chi connectivity index (χ0) is 23.5. The first-order chi connectivity index (χ1) is 16.6. The van der Waals surface area contributed by atoms with Crippen molar-refractivity contribution in [2.75, 3.05) is 13.1 Å². The standard InChI is InChI=1S/C26H24FN5O2/c27-23-6-5-18(14-24-20-3-1-2-4-21(20)25(33)31-30-24)13-22(23)26(34)32-12-9-19(16-32)29-15-17-7-10-28-11-8-17/h1-8,10-11,13,19,29H,9,12,14-16H2,(H,31,33)/t19-/m1/s1. The monoisotopic (exact) mass is 457 g/mol. The molecule has 1 saturated heterocycles. The summed E-state index contributed by atoms with van der Waals surface area (Å²) in [5.74, 6) is -0.854. The van der Waals surface area contributed by atoms with E-state index >= 15 is 0 Å². The van der Waals surface area contributed by atoms with Gasteiger partial charge in [0.15, 0.2) is 0 Å². The number of hydrogen-bond donors (Lipinski definition) is 2. The number of H-pyrrole nitrogens is 1. The van der Waals surface area contributed by atoms with E-state index in [4.69, 9.17) is 0 Å². The molecule has 0 radical (unpaired) electrons. The number of aromatic nitrogens is 3. The first-order valence-corrected chi connectivity index (χ1v) is 11.2. The molecule has 0 unspecified atom stereocenters. The number of likely N-dealkylation sites (tertiary alicyclic amines) is 1. The number of nitrogens with zero attached hydrogens (tertiary/aromatic N) is 3. The number of halogens is 1. The lowest BCUT2D eigenvalue weighted by Crippen LogP contribution is -2.35. The second-order valence-electron chi connectivity index (χ2n) is 8.51. The van der Waals surface area contributed by atoms with Crippen molar-refractivity contribution in [3.05, 3.63) is 106 Å². The molecule has 2 N–H and O–H groups in total. The van der Waals surface area contributed by atoms with Crippen LogP contribution in [0.25, 0.3) is 10.8 Å². The molecule has 0 saturated carbocycles. The van der Waals surface area contributed by atoms with Gasteiger partial charge < -0.3 is 10.2 Å². The maximum Gasteiger partial charge on any atom is 0.272 e. The van der Waals surface area contributed by atoms with E-state index in [0.717, 1.165) is 22.9 Å². The largest absolute Gasteiger partial charge is 0.337 e. The molecule has 1 aliphatic heterocycles. The van der Waals surface area contributed by atoms with E-state index in [2.05, 4.69) is 20.5 Å². The molecule has 0 aliphatic carbocycles. The lowest BCUT2D eigenvalue weighted by atomic mass is 10.0. The van der Waals surface area contributed by atoms with Gasteiger partial charge >= 0.3 is 0 Å².